The highest BCUT2D eigenvalue weighted by Gasteiger charge is 1.88. The van der Waals surface area contributed by atoms with Crippen LogP contribution in [0.1, 0.15) is 1.37 Å². The van der Waals surface area contributed by atoms with Gasteiger partial charge < -0.3 is 0 Å². The number of hydrogen-bond donors (Lipinski definition) is 0. The summed E-state index contributed by atoms with van der Waals surface area (Å²) in [6, 6.07) is 0.235. The largest absolute Gasteiger partial charge is 0.130 e. The van der Waals surface area contributed by atoms with Crippen LogP contribution in [0.4, 0.5) is 0 Å². The summed E-state index contributed by atoms with van der Waals surface area (Å²) in [5.41, 5.74) is 0. The summed E-state index contributed by atoms with van der Waals surface area (Å²) < 4.78 is 7.52. The SMILES string of the molecule is [2H]c1c(Cl)csc1Cl. The van der Waals surface area contributed by atoms with Crippen LogP contribution in [0, 0.1) is 0 Å². The third-order valence-electron chi connectivity index (χ3n) is 0.484. The summed E-state index contributed by atoms with van der Waals surface area (Å²) in [5.74, 6) is 0. The minimum atomic E-state index is 0.235. The minimum absolute atomic E-state index is 0.235. The summed E-state index contributed by atoms with van der Waals surface area (Å²) in [4.78, 5) is 0. The molecule has 0 aliphatic heterocycles. The van der Waals surface area contributed by atoms with Crippen LogP contribution in [-0.2, 0) is 0 Å². The Morgan fingerprint density at radius 1 is 1.71 bits per heavy atom. The second kappa shape index (κ2) is 2.03. The van der Waals surface area contributed by atoms with E-state index in [1.165, 1.54) is 11.3 Å². The highest BCUT2D eigenvalue weighted by molar-refractivity contribution is 7.14. The molecular formula is C4H2Cl2S. The van der Waals surface area contributed by atoms with Crippen molar-refractivity contribution in [3.63, 3.8) is 0 Å². The second-order valence-corrected chi connectivity index (χ2v) is 2.87. The topological polar surface area (TPSA) is 0 Å². The van der Waals surface area contributed by atoms with Crippen LogP contribution >= 0.6 is 34.5 Å². The third kappa shape index (κ3) is 1.34. The van der Waals surface area contributed by atoms with Crippen LogP contribution in [0.15, 0.2) is 11.4 Å². The number of halogens is 2. The molecule has 0 bridgehead atoms. The molecule has 1 aromatic rings. The van der Waals surface area contributed by atoms with E-state index in [9.17, 15) is 0 Å². The van der Waals surface area contributed by atoms with E-state index < -0.39 is 0 Å². The molecule has 0 atom stereocenters. The lowest BCUT2D eigenvalue weighted by molar-refractivity contribution is 2.01. The van der Waals surface area contributed by atoms with E-state index in [1.807, 2.05) is 0 Å². The first-order chi connectivity index (χ1) is 3.72. The highest BCUT2D eigenvalue weighted by Crippen LogP contribution is 2.22. The Bertz CT molecular complexity index is 176. The Hall–Kier alpha value is 0.280. The first kappa shape index (κ1) is 4.19. The molecule has 0 aromatic carbocycles. The molecule has 0 saturated carbocycles. The fourth-order valence-corrected chi connectivity index (χ4v) is 1.26. The molecule has 0 fully saturated rings. The zero-order chi connectivity index (χ0) is 6.15. The van der Waals surface area contributed by atoms with Crippen molar-refractivity contribution in [3.8, 4) is 0 Å². The van der Waals surface area contributed by atoms with Crippen molar-refractivity contribution in [2.45, 2.75) is 0 Å². The number of hydrogen-bond acceptors (Lipinski definition) is 1. The molecule has 1 aromatic heterocycles. The molecule has 7 heavy (non-hydrogen) atoms. The normalized spacial score (nSPS) is 11.4. The van der Waals surface area contributed by atoms with Gasteiger partial charge >= 0.3 is 0 Å². The average molecular weight is 154 g/mol. The Balaban J connectivity index is 3.19. The third-order valence-corrected chi connectivity index (χ3v) is 1.84. The first-order valence-corrected chi connectivity index (χ1v) is 3.24. The van der Waals surface area contributed by atoms with E-state index in [4.69, 9.17) is 24.6 Å². The maximum Gasteiger partial charge on any atom is 0.0943 e. The lowest BCUT2D eigenvalue weighted by Gasteiger charge is -1.65. The van der Waals surface area contributed by atoms with E-state index in [2.05, 4.69) is 0 Å². The lowest BCUT2D eigenvalue weighted by Crippen LogP contribution is -1.38. The molecule has 0 radical (unpaired) electrons. The van der Waals surface area contributed by atoms with Crippen LogP contribution < -0.4 is 0 Å². The van der Waals surface area contributed by atoms with Gasteiger partial charge in [-0.25, -0.2) is 0 Å². The van der Waals surface area contributed by atoms with Crippen LogP contribution in [0.25, 0.3) is 0 Å². The molecule has 0 unspecified atom stereocenters. The van der Waals surface area contributed by atoms with Crippen LogP contribution in [-0.4, -0.2) is 0 Å². The minimum Gasteiger partial charge on any atom is -0.130 e. The van der Waals surface area contributed by atoms with E-state index in [1.54, 1.807) is 5.38 Å². The Kier molecular flexibility index (Phi) is 1.22. The molecule has 0 saturated heterocycles. The smallest absolute Gasteiger partial charge is 0.0943 e. The Morgan fingerprint density at radius 2 is 2.43 bits per heavy atom. The summed E-state index contributed by atoms with van der Waals surface area (Å²) in [6.07, 6.45) is 0. The molecule has 0 spiro atoms. The molecule has 1 heterocycles. The van der Waals surface area contributed by atoms with Crippen molar-refractivity contribution in [2.24, 2.45) is 0 Å². The fourth-order valence-electron chi connectivity index (χ4n) is 0.256. The zero-order valence-electron chi connectivity index (χ0n) is 4.24. The molecule has 0 N–H and O–H groups in total. The Labute approximate surface area is 57.1 Å². The molecule has 0 aliphatic rings. The van der Waals surface area contributed by atoms with Crippen molar-refractivity contribution in [2.75, 3.05) is 0 Å². The number of rotatable bonds is 0. The molecule has 0 amide bonds. The van der Waals surface area contributed by atoms with Crippen molar-refractivity contribution < 1.29 is 1.37 Å². The van der Waals surface area contributed by atoms with Crippen LogP contribution in [0.3, 0.4) is 0 Å². The maximum atomic E-state index is 7.07. The van der Waals surface area contributed by atoms with Gasteiger partial charge in [-0.3, -0.25) is 0 Å². The number of thiophene rings is 1. The van der Waals surface area contributed by atoms with E-state index in [-0.39, 0.29) is 6.04 Å². The monoisotopic (exact) mass is 153 g/mol. The van der Waals surface area contributed by atoms with Crippen molar-refractivity contribution in [3.05, 3.63) is 20.8 Å². The fraction of sp³-hybridized carbons (Fsp3) is 0. The predicted octanol–water partition coefficient (Wildman–Crippen LogP) is 3.05. The van der Waals surface area contributed by atoms with Gasteiger partial charge in [0.15, 0.2) is 0 Å². The predicted molar refractivity (Wildman–Crippen MR) is 34.3 cm³/mol. The van der Waals surface area contributed by atoms with Gasteiger partial charge in [0, 0.05) is 5.38 Å². The molecule has 3 heteroatoms. The summed E-state index contributed by atoms with van der Waals surface area (Å²) in [6.45, 7) is 0. The molecule has 38 valence electrons. The maximum absolute atomic E-state index is 7.07. The quantitative estimate of drug-likeness (QED) is 0.538. The van der Waals surface area contributed by atoms with Gasteiger partial charge in [0.2, 0.25) is 0 Å². The van der Waals surface area contributed by atoms with Crippen LogP contribution in [0.5, 0.6) is 0 Å². The molecule has 0 aliphatic carbocycles. The summed E-state index contributed by atoms with van der Waals surface area (Å²) in [7, 11) is 0. The van der Waals surface area contributed by atoms with Crippen molar-refractivity contribution >= 4 is 34.5 Å². The first-order valence-electron chi connectivity index (χ1n) is 2.11. The van der Waals surface area contributed by atoms with E-state index >= 15 is 0 Å². The zero-order valence-corrected chi connectivity index (χ0v) is 5.57. The highest BCUT2D eigenvalue weighted by atomic mass is 35.5. The lowest BCUT2D eigenvalue weighted by atomic mass is 10.7. The van der Waals surface area contributed by atoms with Crippen molar-refractivity contribution in [1.29, 1.82) is 0 Å². The second-order valence-electron chi connectivity index (χ2n) is 0.982. The molecular weight excluding hydrogens is 151 g/mol. The molecule has 1 rings (SSSR count). The standard InChI is InChI=1S/C4H2Cl2S/c5-3-1-4(6)7-2-3/h1-2H/i1D. The summed E-state index contributed by atoms with van der Waals surface area (Å²) >= 11 is 12.2. The summed E-state index contributed by atoms with van der Waals surface area (Å²) in [5, 5.41) is 2.08. The molecule has 0 nitrogen and oxygen atoms in total. The van der Waals surface area contributed by atoms with Crippen molar-refractivity contribution in [1.82, 2.24) is 0 Å². The van der Waals surface area contributed by atoms with Gasteiger partial charge in [0.25, 0.3) is 0 Å². The average Bonchev–Trinajstić information content (AvgIpc) is 1.98. The van der Waals surface area contributed by atoms with Gasteiger partial charge in [0.1, 0.15) is 0 Å². The van der Waals surface area contributed by atoms with Gasteiger partial charge in [-0.2, -0.15) is 0 Å². The van der Waals surface area contributed by atoms with Gasteiger partial charge in [-0.15, -0.1) is 11.3 Å². The van der Waals surface area contributed by atoms with Crippen LogP contribution in [0.2, 0.25) is 9.36 Å². The van der Waals surface area contributed by atoms with Gasteiger partial charge in [-0.05, 0) is 6.04 Å². The van der Waals surface area contributed by atoms with Gasteiger partial charge in [-0.1, -0.05) is 23.2 Å². The van der Waals surface area contributed by atoms with E-state index in [0.29, 0.717) is 9.36 Å². The van der Waals surface area contributed by atoms with Gasteiger partial charge in [0.05, 0.1) is 10.7 Å². The van der Waals surface area contributed by atoms with E-state index in [0.717, 1.165) is 0 Å². The Morgan fingerprint density at radius 3 is 2.57 bits per heavy atom.